The second-order valence-corrected chi connectivity index (χ2v) is 7.06. The number of aliphatic imine (C=N–C) groups is 1. The molecule has 4 rings (SSSR count). The number of aryl methyl sites for hydroxylation is 1. The van der Waals surface area contributed by atoms with Gasteiger partial charge >= 0.3 is 0 Å². The Labute approximate surface area is 158 Å². The van der Waals surface area contributed by atoms with Crippen LogP contribution in [0.5, 0.6) is 5.75 Å². The Hall–Kier alpha value is -2.46. The van der Waals surface area contributed by atoms with Crippen LogP contribution < -0.4 is 4.74 Å². The van der Waals surface area contributed by atoms with Gasteiger partial charge in [0.2, 0.25) is 0 Å². The number of rotatable bonds is 2. The molecule has 1 unspecified atom stereocenters. The average Bonchev–Trinajstić information content (AvgIpc) is 3.04. The molecule has 0 radical (unpaired) electrons. The van der Waals surface area contributed by atoms with Gasteiger partial charge in [-0.3, -0.25) is 4.99 Å². The van der Waals surface area contributed by atoms with Crippen molar-refractivity contribution in [2.75, 3.05) is 13.7 Å². The standard InChI is InChI=1S/C21H20ClN3O/c1-13-18-10-6-14-5-9-17(26-2)11-19(14)21(23-12-20(18)25-24-13)15-3-7-16(22)8-4-15/h3-5,7-9,11,18H,6,10,12H2,1-2H3. The minimum atomic E-state index is 0.290. The van der Waals surface area contributed by atoms with E-state index in [1.165, 1.54) is 5.56 Å². The summed E-state index contributed by atoms with van der Waals surface area (Å²) in [6.07, 6.45) is 1.94. The van der Waals surface area contributed by atoms with Crippen LogP contribution in [0.15, 0.2) is 57.7 Å². The zero-order chi connectivity index (χ0) is 18.1. The van der Waals surface area contributed by atoms with Crippen LogP contribution in [-0.2, 0) is 6.42 Å². The highest BCUT2D eigenvalue weighted by Crippen LogP contribution is 2.28. The van der Waals surface area contributed by atoms with E-state index in [0.717, 1.165) is 46.9 Å². The van der Waals surface area contributed by atoms with Crippen LogP contribution in [0.1, 0.15) is 30.0 Å². The van der Waals surface area contributed by atoms with Crippen molar-refractivity contribution < 1.29 is 4.74 Å². The molecule has 0 saturated heterocycles. The van der Waals surface area contributed by atoms with Crippen molar-refractivity contribution in [2.24, 2.45) is 21.1 Å². The Morgan fingerprint density at radius 2 is 1.88 bits per heavy atom. The summed E-state index contributed by atoms with van der Waals surface area (Å²) in [4.78, 5) is 4.95. The lowest BCUT2D eigenvalue weighted by Gasteiger charge is -2.14. The lowest BCUT2D eigenvalue weighted by Crippen LogP contribution is -2.21. The van der Waals surface area contributed by atoms with Crippen molar-refractivity contribution >= 4 is 28.7 Å². The second kappa shape index (κ2) is 7.04. The largest absolute Gasteiger partial charge is 0.497 e. The topological polar surface area (TPSA) is 46.3 Å². The molecule has 2 aliphatic rings. The SMILES string of the molecule is COc1ccc2c(c1)C(c1ccc(Cl)cc1)=NCC1=NN=C(C)C1CC2. The maximum absolute atomic E-state index is 6.08. The van der Waals surface area contributed by atoms with E-state index in [1.807, 2.05) is 30.3 Å². The van der Waals surface area contributed by atoms with Crippen LogP contribution in [-0.4, -0.2) is 30.8 Å². The summed E-state index contributed by atoms with van der Waals surface area (Å²) in [5.74, 6) is 1.12. The lowest BCUT2D eigenvalue weighted by atomic mass is 9.90. The summed E-state index contributed by atoms with van der Waals surface area (Å²) >= 11 is 6.08. The molecule has 0 aliphatic carbocycles. The van der Waals surface area contributed by atoms with E-state index in [9.17, 15) is 0 Å². The number of hydrogen-bond donors (Lipinski definition) is 0. The van der Waals surface area contributed by atoms with Gasteiger partial charge in [0.15, 0.2) is 0 Å². The van der Waals surface area contributed by atoms with E-state index in [0.29, 0.717) is 17.5 Å². The summed E-state index contributed by atoms with van der Waals surface area (Å²) in [5, 5.41) is 9.37. The molecule has 26 heavy (non-hydrogen) atoms. The van der Waals surface area contributed by atoms with E-state index < -0.39 is 0 Å². The number of ether oxygens (including phenoxy) is 1. The van der Waals surface area contributed by atoms with Crippen LogP contribution in [0.25, 0.3) is 0 Å². The maximum Gasteiger partial charge on any atom is 0.119 e. The number of methoxy groups -OCH3 is 1. The van der Waals surface area contributed by atoms with Crippen molar-refractivity contribution in [1.29, 1.82) is 0 Å². The average molecular weight is 366 g/mol. The highest BCUT2D eigenvalue weighted by atomic mass is 35.5. The maximum atomic E-state index is 6.08. The first-order valence-corrected chi connectivity index (χ1v) is 9.12. The van der Waals surface area contributed by atoms with E-state index in [4.69, 9.17) is 21.3 Å². The van der Waals surface area contributed by atoms with Crippen molar-refractivity contribution in [1.82, 2.24) is 0 Å². The van der Waals surface area contributed by atoms with Gasteiger partial charge in [-0.2, -0.15) is 10.2 Å². The fraction of sp³-hybridized carbons (Fsp3) is 0.286. The first kappa shape index (κ1) is 17.0. The number of fused-ring (bicyclic) bond motifs is 2. The number of hydrogen-bond acceptors (Lipinski definition) is 4. The summed E-state index contributed by atoms with van der Waals surface area (Å²) < 4.78 is 5.46. The summed E-state index contributed by atoms with van der Waals surface area (Å²) in [5.41, 5.74) is 6.50. The van der Waals surface area contributed by atoms with Crippen molar-refractivity contribution in [3.63, 3.8) is 0 Å². The molecule has 132 valence electrons. The highest BCUT2D eigenvalue weighted by molar-refractivity contribution is 6.30. The first-order chi connectivity index (χ1) is 12.7. The zero-order valence-corrected chi connectivity index (χ0v) is 15.6. The van der Waals surface area contributed by atoms with Gasteiger partial charge in [-0.25, -0.2) is 0 Å². The van der Waals surface area contributed by atoms with Crippen LogP contribution in [0, 0.1) is 5.92 Å². The fourth-order valence-corrected chi connectivity index (χ4v) is 3.69. The predicted octanol–water partition coefficient (Wildman–Crippen LogP) is 4.58. The third-order valence-corrected chi connectivity index (χ3v) is 5.29. The molecule has 0 spiro atoms. The van der Waals surface area contributed by atoms with Crippen LogP contribution in [0.3, 0.4) is 0 Å². The van der Waals surface area contributed by atoms with E-state index >= 15 is 0 Å². The van der Waals surface area contributed by atoms with Gasteiger partial charge in [0.1, 0.15) is 5.75 Å². The second-order valence-electron chi connectivity index (χ2n) is 6.62. The van der Waals surface area contributed by atoms with E-state index in [-0.39, 0.29) is 0 Å². The molecule has 2 heterocycles. The number of halogens is 1. The van der Waals surface area contributed by atoms with Gasteiger partial charge in [-0.05, 0) is 49.6 Å². The molecule has 2 aromatic rings. The number of nitrogens with zero attached hydrogens (tertiary/aromatic N) is 3. The molecule has 0 fully saturated rings. The Bertz CT molecular complexity index is 929. The lowest BCUT2D eigenvalue weighted by molar-refractivity contribution is 0.414. The van der Waals surface area contributed by atoms with Crippen LogP contribution in [0.2, 0.25) is 5.02 Å². The normalized spacial score (nSPS) is 19.2. The molecule has 5 heteroatoms. The van der Waals surface area contributed by atoms with E-state index in [1.54, 1.807) is 7.11 Å². The Morgan fingerprint density at radius 3 is 2.65 bits per heavy atom. The monoisotopic (exact) mass is 365 g/mol. The molecule has 0 N–H and O–H groups in total. The van der Waals surface area contributed by atoms with Gasteiger partial charge in [0.25, 0.3) is 0 Å². The van der Waals surface area contributed by atoms with Crippen LogP contribution in [0.4, 0.5) is 0 Å². The molecule has 2 aromatic carbocycles. The van der Waals surface area contributed by atoms with Crippen molar-refractivity contribution in [3.05, 3.63) is 64.2 Å². The molecular formula is C21H20ClN3O. The van der Waals surface area contributed by atoms with Crippen molar-refractivity contribution in [2.45, 2.75) is 19.8 Å². The van der Waals surface area contributed by atoms with Gasteiger partial charge in [-0.15, -0.1) is 0 Å². The number of benzene rings is 2. The summed E-state index contributed by atoms with van der Waals surface area (Å²) in [6.45, 7) is 2.61. The minimum Gasteiger partial charge on any atom is -0.497 e. The molecule has 0 saturated carbocycles. The molecule has 4 nitrogen and oxygen atoms in total. The summed E-state index contributed by atoms with van der Waals surface area (Å²) in [6, 6.07) is 14.1. The quantitative estimate of drug-likeness (QED) is 0.768. The van der Waals surface area contributed by atoms with Gasteiger partial charge in [-0.1, -0.05) is 29.8 Å². The Balaban J connectivity index is 1.85. The fourth-order valence-electron chi connectivity index (χ4n) is 3.56. The van der Waals surface area contributed by atoms with Crippen LogP contribution >= 0.6 is 11.6 Å². The zero-order valence-electron chi connectivity index (χ0n) is 14.9. The molecule has 0 bridgehead atoms. The van der Waals surface area contributed by atoms with Gasteiger partial charge in [0, 0.05) is 27.8 Å². The first-order valence-electron chi connectivity index (χ1n) is 8.74. The smallest absolute Gasteiger partial charge is 0.119 e. The Kier molecular flexibility index (Phi) is 4.60. The molecule has 0 aromatic heterocycles. The predicted molar refractivity (Wildman–Crippen MR) is 107 cm³/mol. The highest BCUT2D eigenvalue weighted by Gasteiger charge is 2.26. The Morgan fingerprint density at radius 1 is 1.08 bits per heavy atom. The summed E-state index contributed by atoms with van der Waals surface area (Å²) in [7, 11) is 1.69. The third-order valence-electron chi connectivity index (χ3n) is 5.03. The molecule has 0 amide bonds. The minimum absolute atomic E-state index is 0.290. The molecule has 2 aliphatic heterocycles. The van der Waals surface area contributed by atoms with Gasteiger partial charge < -0.3 is 4.74 Å². The molecular weight excluding hydrogens is 346 g/mol. The van der Waals surface area contributed by atoms with Crippen molar-refractivity contribution in [3.8, 4) is 5.75 Å². The van der Waals surface area contributed by atoms with Gasteiger partial charge in [0.05, 0.1) is 25.1 Å². The molecule has 1 atom stereocenters. The van der Waals surface area contributed by atoms with E-state index in [2.05, 4.69) is 29.3 Å². The third kappa shape index (κ3) is 3.17.